The van der Waals surface area contributed by atoms with Crippen LogP contribution >= 0.6 is 11.3 Å². The summed E-state index contributed by atoms with van der Waals surface area (Å²) in [4.78, 5) is 26.3. The van der Waals surface area contributed by atoms with Crippen molar-refractivity contribution in [3.05, 3.63) is 45.8 Å². The molecule has 7 nitrogen and oxygen atoms in total. The van der Waals surface area contributed by atoms with Crippen molar-refractivity contribution in [2.45, 2.75) is 57.3 Å². The van der Waals surface area contributed by atoms with Crippen LogP contribution in [0.1, 0.15) is 70.7 Å². The van der Waals surface area contributed by atoms with Crippen molar-refractivity contribution in [3.8, 4) is 0 Å². The molecule has 4 rings (SSSR count). The maximum Gasteiger partial charge on any atom is 0.256 e. The summed E-state index contributed by atoms with van der Waals surface area (Å²) in [6.45, 7) is 5.15. The van der Waals surface area contributed by atoms with E-state index in [4.69, 9.17) is 5.73 Å². The first-order valence-electron chi connectivity index (χ1n) is 11.5. The highest BCUT2D eigenvalue weighted by atomic mass is 32.2. The van der Waals surface area contributed by atoms with Gasteiger partial charge >= 0.3 is 0 Å². The SMILES string of the molecule is C[C@@H]1C[C@H](C)CN(S(=O)(=O)c2ccc(C(=O)Nc3sc4c(c3C(N)=O)CCCCC4)cc2)C1. The molecular formula is C24H31N3O4S2. The molecule has 2 aliphatic rings. The van der Waals surface area contributed by atoms with Crippen LogP contribution in [0.2, 0.25) is 0 Å². The summed E-state index contributed by atoms with van der Waals surface area (Å²) in [7, 11) is -3.61. The van der Waals surface area contributed by atoms with Gasteiger partial charge in [-0.05, 0) is 73.8 Å². The molecule has 33 heavy (non-hydrogen) atoms. The van der Waals surface area contributed by atoms with Crippen LogP contribution in [0.25, 0.3) is 0 Å². The monoisotopic (exact) mass is 489 g/mol. The van der Waals surface area contributed by atoms with Crippen LogP contribution in [0.5, 0.6) is 0 Å². The van der Waals surface area contributed by atoms with Crippen LogP contribution in [0.3, 0.4) is 0 Å². The van der Waals surface area contributed by atoms with E-state index in [2.05, 4.69) is 19.2 Å². The number of benzene rings is 1. The summed E-state index contributed by atoms with van der Waals surface area (Å²) >= 11 is 1.42. The lowest BCUT2D eigenvalue weighted by Gasteiger charge is -2.34. The Morgan fingerprint density at radius 3 is 2.30 bits per heavy atom. The van der Waals surface area contributed by atoms with Gasteiger partial charge in [0.05, 0.1) is 10.5 Å². The molecule has 1 aliphatic carbocycles. The van der Waals surface area contributed by atoms with E-state index in [1.807, 2.05) is 0 Å². The molecule has 2 aromatic rings. The van der Waals surface area contributed by atoms with Crippen molar-refractivity contribution in [2.75, 3.05) is 18.4 Å². The normalized spacial score (nSPS) is 21.8. The molecule has 0 radical (unpaired) electrons. The first kappa shape index (κ1) is 23.9. The Kier molecular flexibility index (Phi) is 6.93. The predicted molar refractivity (Wildman–Crippen MR) is 130 cm³/mol. The van der Waals surface area contributed by atoms with Crippen molar-refractivity contribution in [2.24, 2.45) is 17.6 Å². The molecule has 0 spiro atoms. The van der Waals surface area contributed by atoms with Crippen molar-refractivity contribution in [1.29, 1.82) is 0 Å². The summed E-state index contributed by atoms with van der Waals surface area (Å²) in [5, 5.41) is 3.32. The van der Waals surface area contributed by atoms with E-state index in [0.717, 1.165) is 49.0 Å². The van der Waals surface area contributed by atoms with Gasteiger partial charge in [0.1, 0.15) is 5.00 Å². The number of nitrogens with zero attached hydrogens (tertiary/aromatic N) is 1. The molecule has 2 atom stereocenters. The Balaban J connectivity index is 1.53. The highest BCUT2D eigenvalue weighted by Crippen LogP contribution is 2.37. The van der Waals surface area contributed by atoms with Crippen LogP contribution in [-0.4, -0.2) is 37.6 Å². The number of fused-ring (bicyclic) bond motifs is 1. The molecule has 2 amide bonds. The maximum absolute atomic E-state index is 13.1. The number of nitrogens with one attached hydrogen (secondary N) is 1. The zero-order chi connectivity index (χ0) is 23.8. The van der Waals surface area contributed by atoms with E-state index < -0.39 is 21.8 Å². The summed E-state index contributed by atoms with van der Waals surface area (Å²) in [5.41, 5.74) is 7.36. The molecule has 1 saturated heterocycles. The third-order valence-electron chi connectivity index (χ3n) is 6.48. The molecule has 1 aromatic heterocycles. The lowest BCUT2D eigenvalue weighted by atomic mass is 9.94. The van der Waals surface area contributed by atoms with Crippen LogP contribution < -0.4 is 11.1 Å². The summed E-state index contributed by atoms with van der Waals surface area (Å²) in [5.74, 6) is -0.294. The number of sulfonamides is 1. The number of carbonyl (C=O) groups excluding carboxylic acids is 2. The van der Waals surface area contributed by atoms with E-state index >= 15 is 0 Å². The number of primary amides is 1. The van der Waals surface area contributed by atoms with Crippen LogP contribution in [0.15, 0.2) is 29.2 Å². The smallest absolute Gasteiger partial charge is 0.256 e. The van der Waals surface area contributed by atoms with E-state index in [0.29, 0.717) is 41.1 Å². The summed E-state index contributed by atoms with van der Waals surface area (Å²) in [6.07, 6.45) is 5.87. The average molecular weight is 490 g/mol. The van der Waals surface area contributed by atoms with E-state index in [1.165, 1.54) is 35.6 Å². The molecule has 2 heterocycles. The molecule has 0 unspecified atom stereocenters. The molecule has 1 fully saturated rings. The van der Waals surface area contributed by atoms with Crippen molar-refractivity contribution >= 4 is 38.2 Å². The predicted octanol–water partition coefficient (Wildman–Crippen LogP) is 4.03. The Labute approximate surface area is 199 Å². The number of rotatable bonds is 5. The number of carbonyl (C=O) groups is 2. The van der Waals surface area contributed by atoms with Gasteiger partial charge in [-0.3, -0.25) is 9.59 Å². The van der Waals surface area contributed by atoms with Crippen molar-refractivity contribution < 1.29 is 18.0 Å². The van der Waals surface area contributed by atoms with Crippen molar-refractivity contribution in [1.82, 2.24) is 4.31 Å². The molecule has 3 N–H and O–H groups in total. The third kappa shape index (κ3) is 5.00. The molecule has 0 bridgehead atoms. The van der Waals surface area contributed by atoms with Crippen LogP contribution in [0.4, 0.5) is 5.00 Å². The minimum Gasteiger partial charge on any atom is -0.365 e. The van der Waals surface area contributed by atoms with E-state index in [1.54, 1.807) is 4.31 Å². The lowest BCUT2D eigenvalue weighted by Crippen LogP contribution is -2.42. The number of piperidine rings is 1. The number of hydrogen-bond acceptors (Lipinski definition) is 5. The van der Waals surface area contributed by atoms with Gasteiger partial charge in [-0.25, -0.2) is 8.42 Å². The highest BCUT2D eigenvalue weighted by molar-refractivity contribution is 7.89. The molecule has 1 aromatic carbocycles. The van der Waals surface area contributed by atoms with Gasteiger partial charge in [0.25, 0.3) is 11.8 Å². The fourth-order valence-corrected chi connectivity index (χ4v) is 7.97. The van der Waals surface area contributed by atoms with Gasteiger partial charge in [-0.1, -0.05) is 20.3 Å². The Hall–Kier alpha value is -2.23. The highest BCUT2D eigenvalue weighted by Gasteiger charge is 2.32. The minimum absolute atomic E-state index is 0.181. The van der Waals surface area contributed by atoms with Gasteiger partial charge in [0, 0.05) is 23.5 Å². The molecule has 1 aliphatic heterocycles. The summed E-state index contributed by atoms with van der Waals surface area (Å²) in [6, 6.07) is 5.99. The Bertz CT molecular complexity index is 1150. The number of nitrogens with two attached hydrogens (primary N) is 1. The van der Waals surface area contributed by atoms with Gasteiger partial charge < -0.3 is 11.1 Å². The van der Waals surface area contributed by atoms with Gasteiger partial charge in [0.15, 0.2) is 0 Å². The fourth-order valence-electron chi connectivity index (χ4n) is 5.00. The van der Waals surface area contributed by atoms with E-state index in [-0.39, 0.29) is 4.90 Å². The lowest BCUT2D eigenvalue weighted by molar-refractivity contribution is 0.100. The number of amides is 2. The van der Waals surface area contributed by atoms with Crippen LogP contribution in [0, 0.1) is 11.8 Å². The molecule has 178 valence electrons. The largest absolute Gasteiger partial charge is 0.365 e. The van der Waals surface area contributed by atoms with Gasteiger partial charge in [0.2, 0.25) is 10.0 Å². The second-order valence-corrected chi connectivity index (χ2v) is 12.4. The first-order chi connectivity index (χ1) is 15.7. The van der Waals surface area contributed by atoms with Crippen LogP contribution in [-0.2, 0) is 22.9 Å². The molecular weight excluding hydrogens is 458 g/mol. The Morgan fingerprint density at radius 1 is 1.03 bits per heavy atom. The topological polar surface area (TPSA) is 110 Å². The number of aryl methyl sites for hydroxylation is 1. The quantitative estimate of drug-likeness (QED) is 0.618. The second kappa shape index (κ2) is 9.56. The number of anilines is 1. The zero-order valence-electron chi connectivity index (χ0n) is 19.1. The van der Waals surface area contributed by atoms with Gasteiger partial charge in [-0.15, -0.1) is 11.3 Å². The minimum atomic E-state index is -3.61. The second-order valence-electron chi connectivity index (χ2n) is 9.38. The average Bonchev–Trinajstić information content (AvgIpc) is 2.94. The molecule has 0 saturated carbocycles. The first-order valence-corrected chi connectivity index (χ1v) is 13.8. The van der Waals surface area contributed by atoms with E-state index in [9.17, 15) is 18.0 Å². The Morgan fingerprint density at radius 2 is 1.67 bits per heavy atom. The standard InChI is InChI=1S/C24H31N3O4S2/c1-15-12-16(2)14-27(13-15)33(30,31)18-10-8-17(9-11-18)23(29)26-24-21(22(25)28)19-6-4-3-5-7-20(19)32-24/h8-11,15-16H,3-7,12-14H2,1-2H3,(H2,25,28)(H,26,29)/t15-,16+. The zero-order valence-corrected chi connectivity index (χ0v) is 20.7. The van der Waals surface area contributed by atoms with Crippen molar-refractivity contribution in [3.63, 3.8) is 0 Å². The third-order valence-corrected chi connectivity index (χ3v) is 9.54. The summed E-state index contributed by atoms with van der Waals surface area (Å²) < 4.78 is 27.7. The van der Waals surface area contributed by atoms with Gasteiger partial charge in [-0.2, -0.15) is 4.31 Å². The maximum atomic E-state index is 13.1. The number of hydrogen-bond donors (Lipinski definition) is 2. The molecule has 9 heteroatoms. The number of thiophene rings is 1. The fraction of sp³-hybridized carbons (Fsp3) is 0.500.